The van der Waals surface area contributed by atoms with Gasteiger partial charge >= 0.3 is 6.18 Å². The molecule has 0 fully saturated rings. The Labute approximate surface area is 99.7 Å². The van der Waals surface area contributed by atoms with E-state index in [2.05, 4.69) is 15.9 Å². The Morgan fingerprint density at radius 1 is 1.31 bits per heavy atom. The van der Waals surface area contributed by atoms with E-state index in [1.54, 1.807) is 18.2 Å². The van der Waals surface area contributed by atoms with Crippen LogP contribution in [0.4, 0.5) is 13.2 Å². The topological polar surface area (TPSA) is 35.2 Å². The molecule has 1 atom stereocenters. The predicted octanol–water partition coefficient (Wildman–Crippen LogP) is 3.11. The molecule has 0 radical (unpaired) electrons. The van der Waals surface area contributed by atoms with Crippen LogP contribution < -0.4 is 10.5 Å². The van der Waals surface area contributed by atoms with E-state index in [4.69, 9.17) is 10.5 Å². The summed E-state index contributed by atoms with van der Waals surface area (Å²) in [6.07, 6.45) is -6.53. The fourth-order valence-corrected chi connectivity index (χ4v) is 1.51. The Morgan fingerprint density at radius 2 is 1.94 bits per heavy atom. The van der Waals surface area contributed by atoms with Crippen molar-refractivity contribution >= 4 is 15.9 Å². The quantitative estimate of drug-likeness (QED) is 0.927. The first-order chi connectivity index (χ1) is 7.45. The molecule has 0 amide bonds. The van der Waals surface area contributed by atoms with Gasteiger partial charge in [0.2, 0.25) is 0 Å². The normalized spacial score (nSPS) is 13.6. The molecular formula is C10H11BrF3NO. The Kier molecular flexibility index (Phi) is 4.61. The Hall–Kier alpha value is -0.750. The third-order valence-corrected chi connectivity index (χ3v) is 2.55. The molecule has 6 heteroatoms. The molecule has 0 spiro atoms. The number of halogens is 4. The second kappa shape index (κ2) is 5.54. The highest BCUT2D eigenvalue weighted by Gasteiger charge is 2.41. The summed E-state index contributed by atoms with van der Waals surface area (Å²) in [4.78, 5) is 0. The van der Waals surface area contributed by atoms with Crippen molar-refractivity contribution in [2.75, 3.05) is 6.54 Å². The summed E-state index contributed by atoms with van der Waals surface area (Å²) in [5.41, 5.74) is 5.13. The molecule has 0 heterocycles. The van der Waals surface area contributed by atoms with Crippen molar-refractivity contribution in [3.05, 3.63) is 28.7 Å². The van der Waals surface area contributed by atoms with Gasteiger partial charge in [-0.1, -0.05) is 12.1 Å². The van der Waals surface area contributed by atoms with Gasteiger partial charge < -0.3 is 10.5 Å². The van der Waals surface area contributed by atoms with Gasteiger partial charge in [-0.3, -0.25) is 0 Å². The van der Waals surface area contributed by atoms with Crippen LogP contribution >= 0.6 is 15.9 Å². The number of nitrogens with two attached hydrogens (primary N) is 1. The number of rotatable bonds is 4. The molecule has 0 aromatic heterocycles. The van der Waals surface area contributed by atoms with Crippen molar-refractivity contribution in [2.24, 2.45) is 5.73 Å². The van der Waals surface area contributed by atoms with Gasteiger partial charge in [0.05, 0.1) is 4.47 Å². The molecule has 0 aliphatic carbocycles. The molecule has 1 aromatic carbocycles. The number of para-hydroxylation sites is 1. The van der Waals surface area contributed by atoms with Gasteiger partial charge in [-0.05, 0) is 34.6 Å². The van der Waals surface area contributed by atoms with Crippen LogP contribution in [0.3, 0.4) is 0 Å². The fourth-order valence-electron chi connectivity index (χ4n) is 1.13. The van der Waals surface area contributed by atoms with E-state index in [0.717, 1.165) is 0 Å². The standard InChI is InChI=1S/C10H11BrF3NO/c11-7-3-1-2-4-8(7)16-9(5-6-15)10(12,13)14/h1-4,9H,5-6,15H2. The molecule has 2 nitrogen and oxygen atoms in total. The van der Waals surface area contributed by atoms with Crippen molar-refractivity contribution in [3.63, 3.8) is 0 Å². The van der Waals surface area contributed by atoms with Gasteiger partial charge in [-0.25, -0.2) is 0 Å². The van der Waals surface area contributed by atoms with Crippen molar-refractivity contribution in [1.29, 1.82) is 0 Å². The molecule has 0 saturated heterocycles. The fraction of sp³-hybridized carbons (Fsp3) is 0.400. The van der Waals surface area contributed by atoms with Gasteiger partial charge in [0.1, 0.15) is 5.75 Å². The zero-order chi connectivity index (χ0) is 12.2. The largest absolute Gasteiger partial charge is 0.480 e. The minimum absolute atomic E-state index is 0.0748. The highest BCUT2D eigenvalue weighted by Crippen LogP contribution is 2.31. The first kappa shape index (κ1) is 13.3. The zero-order valence-corrected chi connectivity index (χ0v) is 9.88. The number of ether oxygens (including phenoxy) is 1. The molecule has 1 rings (SSSR count). The highest BCUT2D eigenvalue weighted by molar-refractivity contribution is 9.10. The number of alkyl halides is 3. The van der Waals surface area contributed by atoms with Gasteiger partial charge in [0.15, 0.2) is 6.10 Å². The summed E-state index contributed by atoms with van der Waals surface area (Å²) in [7, 11) is 0. The first-order valence-corrected chi connectivity index (χ1v) is 5.42. The number of hydrogen-bond donors (Lipinski definition) is 1. The summed E-state index contributed by atoms with van der Waals surface area (Å²) >= 11 is 3.12. The highest BCUT2D eigenvalue weighted by atomic mass is 79.9. The average molecular weight is 298 g/mol. The lowest BCUT2D eigenvalue weighted by Crippen LogP contribution is -2.36. The predicted molar refractivity (Wildman–Crippen MR) is 58.3 cm³/mol. The third-order valence-electron chi connectivity index (χ3n) is 1.90. The lowest BCUT2D eigenvalue weighted by Gasteiger charge is -2.21. The van der Waals surface area contributed by atoms with Crippen molar-refractivity contribution in [1.82, 2.24) is 0 Å². The van der Waals surface area contributed by atoms with Gasteiger partial charge in [-0.15, -0.1) is 0 Å². The van der Waals surface area contributed by atoms with Crippen LogP contribution in [0.25, 0.3) is 0 Å². The monoisotopic (exact) mass is 297 g/mol. The van der Waals surface area contributed by atoms with Gasteiger partial charge in [0.25, 0.3) is 0 Å². The first-order valence-electron chi connectivity index (χ1n) is 4.63. The maximum absolute atomic E-state index is 12.5. The molecule has 1 unspecified atom stereocenters. The van der Waals surface area contributed by atoms with Crippen LogP contribution in [0.2, 0.25) is 0 Å². The van der Waals surface area contributed by atoms with Crippen LogP contribution in [-0.2, 0) is 0 Å². The molecule has 0 aliphatic heterocycles. The Morgan fingerprint density at radius 3 is 2.44 bits per heavy atom. The van der Waals surface area contributed by atoms with Crippen LogP contribution in [-0.4, -0.2) is 18.8 Å². The minimum Gasteiger partial charge on any atom is -0.480 e. The molecular weight excluding hydrogens is 287 g/mol. The van der Waals surface area contributed by atoms with Crippen LogP contribution in [0.15, 0.2) is 28.7 Å². The molecule has 2 N–H and O–H groups in total. The molecule has 90 valence electrons. The van der Waals surface area contributed by atoms with E-state index < -0.39 is 12.3 Å². The van der Waals surface area contributed by atoms with Gasteiger partial charge in [0, 0.05) is 6.42 Å². The zero-order valence-electron chi connectivity index (χ0n) is 8.30. The van der Waals surface area contributed by atoms with E-state index in [0.29, 0.717) is 4.47 Å². The van der Waals surface area contributed by atoms with Crippen LogP contribution in [0, 0.1) is 0 Å². The van der Waals surface area contributed by atoms with E-state index in [-0.39, 0.29) is 18.7 Å². The SMILES string of the molecule is NCCC(Oc1ccccc1Br)C(F)(F)F. The molecule has 1 aromatic rings. The minimum atomic E-state index is -4.41. The number of hydrogen-bond acceptors (Lipinski definition) is 2. The maximum atomic E-state index is 12.5. The lowest BCUT2D eigenvalue weighted by molar-refractivity contribution is -0.196. The van der Waals surface area contributed by atoms with E-state index >= 15 is 0 Å². The average Bonchev–Trinajstić information content (AvgIpc) is 2.19. The molecule has 0 aliphatic rings. The van der Waals surface area contributed by atoms with Crippen molar-refractivity contribution in [3.8, 4) is 5.75 Å². The Bertz CT molecular complexity index is 343. The smallest absolute Gasteiger partial charge is 0.425 e. The second-order valence-corrected chi connectivity index (χ2v) is 4.01. The third kappa shape index (κ3) is 3.68. The summed E-state index contributed by atoms with van der Waals surface area (Å²) < 4.78 is 43.0. The molecule has 16 heavy (non-hydrogen) atoms. The van der Waals surface area contributed by atoms with E-state index in [9.17, 15) is 13.2 Å². The van der Waals surface area contributed by atoms with Crippen LogP contribution in [0.5, 0.6) is 5.75 Å². The summed E-state index contributed by atoms with van der Waals surface area (Å²) in [5.74, 6) is 0.165. The van der Waals surface area contributed by atoms with E-state index in [1.165, 1.54) is 6.07 Å². The molecule has 0 saturated carbocycles. The van der Waals surface area contributed by atoms with Crippen molar-refractivity contribution < 1.29 is 17.9 Å². The lowest BCUT2D eigenvalue weighted by atomic mass is 10.2. The number of benzene rings is 1. The maximum Gasteiger partial charge on any atom is 0.425 e. The molecule has 0 bridgehead atoms. The Balaban J connectivity index is 2.80. The van der Waals surface area contributed by atoms with Crippen molar-refractivity contribution in [2.45, 2.75) is 18.7 Å². The van der Waals surface area contributed by atoms with Crippen LogP contribution in [0.1, 0.15) is 6.42 Å². The second-order valence-electron chi connectivity index (χ2n) is 3.16. The summed E-state index contributed by atoms with van der Waals surface area (Å²) in [6, 6.07) is 6.39. The van der Waals surface area contributed by atoms with Gasteiger partial charge in [-0.2, -0.15) is 13.2 Å². The summed E-state index contributed by atoms with van der Waals surface area (Å²) in [5, 5.41) is 0. The van der Waals surface area contributed by atoms with E-state index in [1.807, 2.05) is 0 Å². The summed E-state index contributed by atoms with van der Waals surface area (Å²) in [6.45, 7) is -0.0748.